The number of methoxy groups -OCH3 is 1. The van der Waals surface area contributed by atoms with Gasteiger partial charge in [0.2, 0.25) is 0 Å². The highest BCUT2D eigenvalue weighted by atomic mass is 32.1. The largest absolute Gasteiger partial charge is 0.493 e. The molecule has 38 heavy (non-hydrogen) atoms. The maximum Gasteiger partial charge on any atom is 0.338 e. The summed E-state index contributed by atoms with van der Waals surface area (Å²) in [6, 6.07) is 8.92. The van der Waals surface area contributed by atoms with Crippen molar-refractivity contribution in [3.8, 4) is 11.5 Å². The number of rotatable bonds is 11. The van der Waals surface area contributed by atoms with E-state index in [4.69, 9.17) is 14.2 Å². The molecule has 3 heterocycles. The fraction of sp³-hybridized carbons (Fsp3) is 0.414. The molecule has 0 saturated carbocycles. The number of hydrogen-bond acceptors (Lipinski definition) is 8. The second kappa shape index (κ2) is 12.6. The lowest BCUT2D eigenvalue weighted by atomic mass is 10.0. The van der Waals surface area contributed by atoms with E-state index in [-0.39, 0.29) is 11.5 Å². The molecule has 0 radical (unpaired) electrons. The molecule has 2 aromatic heterocycles. The zero-order valence-corrected chi connectivity index (χ0v) is 24.1. The SMILES string of the molecule is CCCCCOc1ccc(C=c2sc3n(c2=O)C(c2cccs2)C(C(=O)OCC(C)C)=C(C)N=3)cc1OC. The van der Waals surface area contributed by atoms with Gasteiger partial charge in [0, 0.05) is 4.88 Å². The lowest BCUT2D eigenvalue weighted by Crippen LogP contribution is -2.39. The van der Waals surface area contributed by atoms with Crippen molar-refractivity contribution < 1.29 is 19.0 Å². The van der Waals surface area contributed by atoms with Gasteiger partial charge in [-0.2, -0.15) is 0 Å². The Morgan fingerprint density at radius 1 is 1.21 bits per heavy atom. The van der Waals surface area contributed by atoms with Crippen LogP contribution in [0.3, 0.4) is 0 Å². The van der Waals surface area contributed by atoms with Crippen LogP contribution in [0.1, 0.15) is 63.4 Å². The van der Waals surface area contributed by atoms with E-state index in [1.807, 2.05) is 55.6 Å². The predicted octanol–water partition coefficient (Wildman–Crippen LogP) is 5.07. The average molecular weight is 555 g/mol. The van der Waals surface area contributed by atoms with Crippen LogP contribution in [0.15, 0.2) is 56.8 Å². The summed E-state index contributed by atoms with van der Waals surface area (Å²) in [6.45, 7) is 8.86. The molecule has 0 N–H and O–H groups in total. The fourth-order valence-electron chi connectivity index (χ4n) is 4.20. The molecule has 0 fully saturated rings. The van der Waals surface area contributed by atoms with Crippen molar-refractivity contribution >= 4 is 34.7 Å². The number of aromatic nitrogens is 1. The van der Waals surface area contributed by atoms with Crippen LogP contribution in [0, 0.1) is 5.92 Å². The number of carbonyl (C=O) groups is 1. The molecular formula is C29H34N2O5S2. The second-order valence-electron chi connectivity index (χ2n) is 9.56. The zero-order valence-electron chi connectivity index (χ0n) is 22.5. The third-order valence-corrected chi connectivity index (χ3v) is 8.00. The number of fused-ring (bicyclic) bond motifs is 1. The summed E-state index contributed by atoms with van der Waals surface area (Å²) < 4.78 is 19.2. The number of thiazole rings is 1. The highest BCUT2D eigenvalue weighted by Crippen LogP contribution is 2.33. The molecule has 1 aliphatic heterocycles. The van der Waals surface area contributed by atoms with Crippen LogP contribution in [0.2, 0.25) is 0 Å². The van der Waals surface area contributed by atoms with Crippen molar-refractivity contribution in [3.05, 3.63) is 77.1 Å². The minimum absolute atomic E-state index is 0.200. The van der Waals surface area contributed by atoms with E-state index in [1.54, 1.807) is 18.6 Å². The van der Waals surface area contributed by atoms with Gasteiger partial charge in [-0.1, -0.05) is 57.1 Å². The Kier molecular flexibility index (Phi) is 9.22. The Morgan fingerprint density at radius 2 is 2.03 bits per heavy atom. The summed E-state index contributed by atoms with van der Waals surface area (Å²) >= 11 is 2.80. The lowest BCUT2D eigenvalue weighted by Gasteiger charge is -2.23. The third kappa shape index (κ3) is 6.10. The molecule has 0 saturated heterocycles. The molecule has 1 aromatic carbocycles. The summed E-state index contributed by atoms with van der Waals surface area (Å²) in [4.78, 5) is 33.0. The highest BCUT2D eigenvalue weighted by molar-refractivity contribution is 7.10. The molecule has 0 spiro atoms. The monoisotopic (exact) mass is 554 g/mol. The molecule has 1 atom stereocenters. The van der Waals surface area contributed by atoms with Crippen molar-refractivity contribution in [2.24, 2.45) is 10.9 Å². The molecular weight excluding hydrogens is 520 g/mol. The van der Waals surface area contributed by atoms with E-state index >= 15 is 0 Å². The first-order chi connectivity index (χ1) is 18.3. The van der Waals surface area contributed by atoms with Crippen molar-refractivity contribution in [1.29, 1.82) is 0 Å². The van der Waals surface area contributed by atoms with Crippen molar-refractivity contribution in [1.82, 2.24) is 4.57 Å². The van der Waals surface area contributed by atoms with Crippen molar-refractivity contribution in [2.75, 3.05) is 20.3 Å². The fourth-order valence-corrected chi connectivity index (χ4v) is 6.07. The van der Waals surface area contributed by atoms with Crippen LogP contribution in [0.4, 0.5) is 0 Å². The Hall–Kier alpha value is -3.17. The number of nitrogens with zero attached hydrogens (tertiary/aromatic N) is 2. The van der Waals surface area contributed by atoms with Gasteiger partial charge in [-0.05, 0) is 54.5 Å². The summed E-state index contributed by atoms with van der Waals surface area (Å²) in [5.41, 5.74) is 1.58. The average Bonchev–Trinajstić information content (AvgIpc) is 3.53. The van der Waals surface area contributed by atoms with E-state index in [1.165, 1.54) is 22.7 Å². The van der Waals surface area contributed by atoms with Crippen LogP contribution >= 0.6 is 22.7 Å². The van der Waals surface area contributed by atoms with Gasteiger partial charge in [-0.15, -0.1) is 11.3 Å². The van der Waals surface area contributed by atoms with Crippen LogP contribution in [0.5, 0.6) is 11.5 Å². The van der Waals surface area contributed by atoms with Gasteiger partial charge in [-0.25, -0.2) is 9.79 Å². The molecule has 7 nitrogen and oxygen atoms in total. The molecule has 0 bridgehead atoms. The van der Waals surface area contributed by atoms with Gasteiger partial charge in [-0.3, -0.25) is 9.36 Å². The number of esters is 1. The molecule has 9 heteroatoms. The van der Waals surface area contributed by atoms with Gasteiger partial charge in [0.05, 0.1) is 36.1 Å². The van der Waals surface area contributed by atoms with Gasteiger partial charge >= 0.3 is 5.97 Å². The maximum absolute atomic E-state index is 13.7. The van der Waals surface area contributed by atoms with Gasteiger partial charge in [0.1, 0.15) is 6.04 Å². The van der Waals surface area contributed by atoms with Gasteiger partial charge in [0.15, 0.2) is 16.3 Å². The third-order valence-electron chi connectivity index (χ3n) is 6.09. The molecule has 202 valence electrons. The van der Waals surface area contributed by atoms with E-state index in [9.17, 15) is 9.59 Å². The first-order valence-corrected chi connectivity index (χ1v) is 14.6. The Labute approximate surface area is 230 Å². The minimum atomic E-state index is -0.582. The van der Waals surface area contributed by atoms with E-state index < -0.39 is 12.0 Å². The topological polar surface area (TPSA) is 79.1 Å². The van der Waals surface area contributed by atoms with Crippen molar-refractivity contribution in [3.63, 3.8) is 0 Å². The van der Waals surface area contributed by atoms with E-state index in [2.05, 4.69) is 11.9 Å². The number of thiophene rings is 1. The Balaban J connectivity index is 1.73. The number of hydrogen-bond donors (Lipinski definition) is 0. The van der Waals surface area contributed by atoms with Crippen LogP contribution in [-0.2, 0) is 9.53 Å². The minimum Gasteiger partial charge on any atom is -0.493 e. The Bertz CT molecular complexity index is 1480. The lowest BCUT2D eigenvalue weighted by molar-refractivity contribution is -0.140. The molecule has 4 rings (SSSR count). The van der Waals surface area contributed by atoms with Crippen LogP contribution < -0.4 is 24.4 Å². The molecule has 3 aromatic rings. The molecule has 0 aliphatic carbocycles. The normalized spacial score (nSPS) is 15.4. The molecule has 1 aliphatic rings. The smallest absolute Gasteiger partial charge is 0.338 e. The van der Waals surface area contributed by atoms with Gasteiger partial charge < -0.3 is 14.2 Å². The predicted molar refractivity (Wildman–Crippen MR) is 152 cm³/mol. The second-order valence-corrected chi connectivity index (χ2v) is 11.5. The summed E-state index contributed by atoms with van der Waals surface area (Å²) in [5, 5.41) is 1.94. The van der Waals surface area contributed by atoms with Crippen LogP contribution in [-0.4, -0.2) is 30.9 Å². The summed E-state index contributed by atoms with van der Waals surface area (Å²) in [5.74, 6) is 1.06. The van der Waals surface area contributed by atoms with Crippen molar-refractivity contribution in [2.45, 2.75) is 53.0 Å². The Morgan fingerprint density at radius 3 is 2.71 bits per heavy atom. The van der Waals surface area contributed by atoms with Gasteiger partial charge in [0.25, 0.3) is 5.56 Å². The first-order valence-electron chi connectivity index (χ1n) is 12.9. The highest BCUT2D eigenvalue weighted by Gasteiger charge is 2.34. The van der Waals surface area contributed by atoms with E-state index in [0.29, 0.717) is 45.3 Å². The summed E-state index contributed by atoms with van der Waals surface area (Å²) in [6.07, 6.45) is 5.06. The number of ether oxygens (including phenoxy) is 3. The standard InChI is InChI=1S/C29H34N2O5S2/c1-6-7-8-13-35-21-12-11-20(15-22(21)34-5)16-24-27(32)31-26(23-10-9-14-37-23)25(19(4)30-29(31)38-24)28(33)36-17-18(2)3/h9-12,14-16,18,26H,6-8,13,17H2,1-5H3. The number of benzene rings is 1. The quantitative estimate of drug-likeness (QED) is 0.244. The summed E-state index contributed by atoms with van der Waals surface area (Å²) in [7, 11) is 1.61. The number of unbranched alkanes of at least 4 members (excludes halogenated alkanes) is 2. The molecule has 1 unspecified atom stereocenters. The maximum atomic E-state index is 13.7. The molecule has 0 amide bonds. The van der Waals surface area contributed by atoms with E-state index in [0.717, 1.165) is 29.7 Å². The first kappa shape index (κ1) is 27.9. The van der Waals surface area contributed by atoms with Crippen LogP contribution in [0.25, 0.3) is 6.08 Å². The number of allylic oxidation sites excluding steroid dienone is 1. The number of carbonyl (C=O) groups excluding carboxylic acids is 1. The zero-order chi connectivity index (χ0) is 27.2.